The second kappa shape index (κ2) is 7.26. The lowest BCUT2D eigenvalue weighted by molar-refractivity contribution is -0.384. The van der Waals surface area contributed by atoms with E-state index in [1.54, 1.807) is 41.3 Å². The summed E-state index contributed by atoms with van der Waals surface area (Å²) in [5.74, 6) is 0.441. The van der Waals surface area contributed by atoms with Crippen LogP contribution in [0.5, 0.6) is 5.75 Å². The summed E-state index contributed by atoms with van der Waals surface area (Å²) in [7, 11) is 0. The first-order valence-corrected chi connectivity index (χ1v) is 8.35. The van der Waals surface area contributed by atoms with Gasteiger partial charge in [0.25, 0.3) is 11.6 Å². The molecule has 2 aromatic carbocycles. The number of amides is 1. The maximum Gasteiger partial charge on any atom is 0.294 e. The van der Waals surface area contributed by atoms with Gasteiger partial charge in [-0.15, -0.1) is 0 Å². The van der Waals surface area contributed by atoms with Gasteiger partial charge in [0.05, 0.1) is 10.6 Å². The molecule has 1 heterocycles. The molecule has 0 bridgehead atoms. The van der Waals surface area contributed by atoms with Gasteiger partial charge in [-0.25, -0.2) is 0 Å². The third kappa shape index (κ3) is 3.51. The molecule has 7 nitrogen and oxygen atoms in total. The molecule has 1 amide bonds. The number of hydrogen-bond acceptors (Lipinski definition) is 5. The van der Waals surface area contributed by atoms with Gasteiger partial charge >= 0.3 is 0 Å². The molecule has 0 fully saturated rings. The first kappa shape index (κ1) is 17.5. The number of carbonyl (C=O) groups excluding carboxylic acids is 1. The fraction of sp³-hybridized carbons (Fsp3) is 0.211. The third-order valence-electron chi connectivity index (χ3n) is 4.09. The summed E-state index contributed by atoms with van der Waals surface area (Å²) in [6.45, 7) is 2.63. The number of non-ortho nitro benzene ring substituents is 1. The smallest absolute Gasteiger partial charge is 0.294 e. The molecular weight excluding hydrogens is 334 g/mol. The van der Waals surface area contributed by atoms with Gasteiger partial charge < -0.3 is 15.4 Å². The Morgan fingerprint density at radius 2 is 1.96 bits per heavy atom. The summed E-state index contributed by atoms with van der Waals surface area (Å²) in [6, 6.07) is 11.1. The average Bonchev–Trinajstić information content (AvgIpc) is 2.62. The number of nitrogen functional groups attached to an aromatic ring is 1. The summed E-state index contributed by atoms with van der Waals surface area (Å²) in [5, 5.41) is 10.8. The molecule has 2 aromatic rings. The van der Waals surface area contributed by atoms with Crippen molar-refractivity contribution in [2.45, 2.75) is 19.8 Å². The van der Waals surface area contributed by atoms with E-state index in [1.165, 1.54) is 12.1 Å². The van der Waals surface area contributed by atoms with Crippen LogP contribution in [0.2, 0.25) is 0 Å². The van der Waals surface area contributed by atoms with Crippen molar-refractivity contribution in [2.75, 3.05) is 17.2 Å². The van der Waals surface area contributed by atoms with Gasteiger partial charge in [0.1, 0.15) is 0 Å². The van der Waals surface area contributed by atoms with Crippen LogP contribution in [0.1, 0.15) is 25.3 Å². The van der Waals surface area contributed by atoms with Gasteiger partial charge in [-0.05, 0) is 42.3 Å². The molecule has 0 spiro atoms. The third-order valence-corrected chi connectivity index (χ3v) is 4.09. The number of fused-ring (bicyclic) bond motifs is 1. The van der Waals surface area contributed by atoms with Crippen molar-refractivity contribution < 1.29 is 14.5 Å². The monoisotopic (exact) mass is 353 g/mol. The summed E-state index contributed by atoms with van der Waals surface area (Å²) in [5.41, 5.74) is 7.71. The molecule has 3 rings (SSSR count). The fourth-order valence-electron chi connectivity index (χ4n) is 2.71. The Hall–Kier alpha value is -3.35. The van der Waals surface area contributed by atoms with E-state index in [0.717, 1.165) is 12.8 Å². The topological polar surface area (TPSA) is 98.7 Å². The molecule has 0 aliphatic carbocycles. The predicted octanol–water partition coefficient (Wildman–Crippen LogP) is 3.74. The normalized spacial score (nSPS) is 14.9. The highest BCUT2D eigenvalue weighted by Crippen LogP contribution is 2.37. The van der Waals surface area contributed by atoms with Crippen LogP contribution >= 0.6 is 0 Å². The first-order chi connectivity index (χ1) is 12.5. The number of anilines is 2. The van der Waals surface area contributed by atoms with Crippen LogP contribution in [0.15, 0.2) is 48.2 Å². The number of benzene rings is 2. The highest BCUT2D eigenvalue weighted by molar-refractivity contribution is 6.10. The maximum absolute atomic E-state index is 12.9. The molecule has 134 valence electrons. The number of nitro benzene ring substituents is 1. The quantitative estimate of drug-likeness (QED) is 0.382. The number of rotatable bonds is 5. The summed E-state index contributed by atoms with van der Waals surface area (Å²) < 4.78 is 5.77. The fourth-order valence-corrected chi connectivity index (χ4v) is 2.71. The molecular formula is C19H19N3O4. The van der Waals surface area contributed by atoms with Crippen molar-refractivity contribution in [2.24, 2.45) is 0 Å². The maximum atomic E-state index is 12.9. The van der Waals surface area contributed by atoms with E-state index in [9.17, 15) is 14.9 Å². The minimum atomic E-state index is -0.468. The highest BCUT2D eigenvalue weighted by atomic mass is 16.6. The molecule has 0 unspecified atom stereocenters. The molecule has 0 aromatic heterocycles. The van der Waals surface area contributed by atoms with E-state index >= 15 is 0 Å². The number of ether oxygens (including phenoxy) is 1. The van der Waals surface area contributed by atoms with Gasteiger partial charge in [-0.1, -0.05) is 13.3 Å². The van der Waals surface area contributed by atoms with Gasteiger partial charge in [0.15, 0.2) is 11.5 Å². The second-order valence-electron chi connectivity index (χ2n) is 6.00. The summed E-state index contributed by atoms with van der Waals surface area (Å²) >= 11 is 0. The van der Waals surface area contributed by atoms with E-state index in [0.29, 0.717) is 29.2 Å². The number of nitro groups is 1. The number of unbranched alkanes of at least 4 members (excludes halogenated alkanes) is 1. The summed E-state index contributed by atoms with van der Waals surface area (Å²) in [4.78, 5) is 24.8. The molecule has 7 heteroatoms. The van der Waals surface area contributed by atoms with Crippen molar-refractivity contribution in [1.82, 2.24) is 0 Å². The second-order valence-corrected chi connectivity index (χ2v) is 6.00. The number of carbonyl (C=O) groups is 1. The Kier molecular flexibility index (Phi) is 4.88. The largest absolute Gasteiger partial charge is 0.449 e. The van der Waals surface area contributed by atoms with Crippen molar-refractivity contribution >= 4 is 29.0 Å². The standard InChI is InChI=1S/C19H19N3O4/c1-2-3-10-21-16-9-6-14(20)12-17(16)26-18(19(21)23)11-13-4-7-15(8-5-13)22(24)25/h4-9,11-12H,2-3,10,20H2,1H3/b18-11+. The van der Waals surface area contributed by atoms with Gasteiger partial charge in [0, 0.05) is 30.4 Å². The Bertz CT molecular complexity index is 875. The molecule has 0 radical (unpaired) electrons. The van der Waals surface area contributed by atoms with Crippen molar-refractivity contribution in [3.8, 4) is 5.75 Å². The lowest BCUT2D eigenvalue weighted by Crippen LogP contribution is -2.38. The number of nitrogens with two attached hydrogens (primary N) is 1. The SMILES string of the molecule is CCCCN1C(=O)/C(=C\c2ccc([N+](=O)[O-])cc2)Oc2cc(N)ccc21. The van der Waals surface area contributed by atoms with E-state index in [-0.39, 0.29) is 17.4 Å². The molecule has 1 aliphatic heterocycles. The Morgan fingerprint density at radius 1 is 1.23 bits per heavy atom. The van der Waals surface area contributed by atoms with Crippen LogP contribution in [0.3, 0.4) is 0 Å². The molecule has 0 saturated heterocycles. The van der Waals surface area contributed by atoms with Crippen molar-refractivity contribution in [1.29, 1.82) is 0 Å². The van der Waals surface area contributed by atoms with Crippen LogP contribution in [0, 0.1) is 10.1 Å². The Morgan fingerprint density at radius 3 is 2.62 bits per heavy atom. The molecule has 26 heavy (non-hydrogen) atoms. The van der Waals surface area contributed by atoms with Gasteiger partial charge in [-0.2, -0.15) is 0 Å². The summed E-state index contributed by atoms with van der Waals surface area (Å²) in [6.07, 6.45) is 3.40. The zero-order chi connectivity index (χ0) is 18.7. The van der Waals surface area contributed by atoms with Crippen molar-refractivity contribution in [3.05, 3.63) is 63.9 Å². The molecule has 0 atom stereocenters. The zero-order valence-electron chi connectivity index (χ0n) is 14.3. The van der Waals surface area contributed by atoms with Crippen LogP contribution in [-0.2, 0) is 4.79 Å². The molecule has 2 N–H and O–H groups in total. The number of hydrogen-bond donors (Lipinski definition) is 1. The zero-order valence-corrected chi connectivity index (χ0v) is 14.3. The predicted molar refractivity (Wildman–Crippen MR) is 99.8 cm³/mol. The van der Waals surface area contributed by atoms with E-state index < -0.39 is 4.92 Å². The Balaban J connectivity index is 1.97. The molecule has 0 saturated carbocycles. The minimum Gasteiger partial charge on any atom is -0.449 e. The van der Waals surface area contributed by atoms with E-state index in [4.69, 9.17) is 10.5 Å². The lowest BCUT2D eigenvalue weighted by Gasteiger charge is -2.30. The number of nitrogens with zero attached hydrogens (tertiary/aromatic N) is 2. The minimum absolute atomic E-state index is 0.00858. The first-order valence-electron chi connectivity index (χ1n) is 8.35. The van der Waals surface area contributed by atoms with E-state index in [1.807, 2.05) is 0 Å². The molecule has 1 aliphatic rings. The van der Waals surface area contributed by atoms with Crippen LogP contribution < -0.4 is 15.4 Å². The van der Waals surface area contributed by atoms with Crippen LogP contribution in [0.4, 0.5) is 17.1 Å². The van der Waals surface area contributed by atoms with Gasteiger partial charge in [-0.3, -0.25) is 14.9 Å². The van der Waals surface area contributed by atoms with Crippen LogP contribution in [-0.4, -0.2) is 17.4 Å². The van der Waals surface area contributed by atoms with Gasteiger partial charge in [0.2, 0.25) is 0 Å². The van der Waals surface area contributed by atoms with Crippen LogP contribution in [0.25, 0.3) is 6.08 Å². The highest BCUT2D eigenvalue weighted by Gasteiger charge is 2.30. The van der Waals surface area contributed by atoms with E-state index in [2.05, 4.69) is 6.92 Å². The van der Waals surface area contributed by atoms with Crippen molar-refractivity contribution in [3.63, 3.8) is 0 Å². The Labute approximate surface area is 150 Å². The average molecular weight is 353 g/mol. The lowest BCUT2D eigenvalue weighted by atomic mass is 10.1.